The smallest absolute Gasteiger partial charge is 0.231 e. The lowest BCUT2D eigenvalue weighted by Gasteiger charge is -2.12. The molecule has 0 aromatic heterocycles. The molecule has 22 heavy (non-hydrogen) atoms. The van der Waals surface area contributed by atoms with E-state index in [0.29, 0.717) is 19.4 Å². The molecule has 1 aromatic carbocycles. The van der Waals surface area contributed by atoms with Crippen LogP contribution in [0.1, 0.15) is 25.7 Å². The van der Waals surface area contributed by atoms with E-state index in [9.17, 15) is 20.2 Å². The summed E-state index contributed by atoms with van der Waals surface area (Å²) in [6.07, 6.45) is 1.63. The van der Waals surface area contributed by atoms with Gasteiger partial charge in [0.25, 0.3) is 0 Å². The average molecular weight is 310 g/mol. The zero-order valence-electron chi connectivity index (χ0n) is 12.4. The molecule has 0 aliphatic heterocycles. The van der Waals surface area contributed by atoms with Gasteiger partial charge in [0, 0.05) is 28.5 Å². The standard InChI is InChI=1S/C14H22N4O4/c15-11-14(18(21)22)10-13(17(19)20)8-4-5-9-16-12-6-2-1-3-7-12/h1-3,6-7,13-14,16H,4-5,8-11,15H2. The molecule has 0 saturated carbocycles. The Hall–Kier alpha value is -2.22. The maximum absolute atomic E-state index is 11.0. The average Bonchev–Trinajstić information content (AvgIpc) is 2.50. The van der Waals surface area contributed by atoms with Crippen LogP contribution in [0.3, 0.4) is 0 Å². The van der Waals surface area contributed by atoms with Crippen LogP contribution in [0.15, 0.2) is 30.3 Å². The fraction of sp³-hybridized carbons (Fsp3) is 0.571. The molecule has 1 aromatic rings. The first kappa shape index (κ1) is 17.8. The summed E-state index contributed by atoms with van der Waals surface area (Å²) in [6, 6.07) is 7.72. The van der Waals surface area contributed by atoms with E-state index < -0.39 is 21.9 Å². The van der Waals surface area contributed by atoms with Gasteiger partial charge in [-0.1, -0.05) is 18.2 Å². The molecule has 0 amide bonds. The number of nitrogens with zero attached hydrogens (tertiary/aromatic N) is 2. The molecule has 0 radical (unpaired) electrons. The van der Waals surface area contributed by atoms with Crippen LogP contribution >= 0.6 is 0 Å². The Morgan fingerprint density at radius 1 is 1.05 bits per heavy atom. The van der Waals surface area contributed by atoms with Gasteiger partial charge in [-0.3, -0.25) is 20.2 Å². The van der Waals surface area contributed by atoms with E-state index in [2.05, 4.69) is 5.32 Å². The van der Waals surface area contributed by atoms with Gasteiger partial charge in [0.2, 0.25) is 12.1 Å². The summed E-state index contributed by atoms with van der Waals surface area (Å²) in [5.41, 5.74) is 6.29. The minimum Gasteiger partial charge on any atom is -0.385 e. The molecule has 0 bridgehead atoms. The number of nitro groups is 2. The predicted octanol–water partition coefficient (Wildman–Crippen LogP) is 1.91. The largest absolute Gasteiger partial charge is 0.385 e. The molecule has 0 aliphatic carbocycles. The fourth-order valence-corrected chi connectivity index (χ4v) is 2.19. The summed E-state index contributed by atoms with van der Waals surface area (Å²) in [5.74, 6) is 0. The Kier molecular flexibility index (Phi) is 7.84. The van der Waals surface area contributed by atoms with Crippen molar-refractivity contribution in [2.75, 3.05) is 18.4 Å². The van der Waals surface area contributed by atoms with Crippen LogP contribution in [-0.2, 0) is 0 Å². The van der Waals surface area contributed by atoms with E-state index in [0.717, 1.165) is 12.1 Å². The summed E-state index contributed by atoms with van der Waals surface area (Å²) in [4.78, 5) is 20.7. The number of benzene rings is 1. The third-order valence-electron chi connectivity index (χ3n) is 3.48. The predicted molar refractivity (Wildman–Crippen MR) is 84.0 cm³/mol. The molecule has 0 heterocycles. The van der Waals surface area contributed by atoms with Crippen LogP contribution in [-0.4, -0.2) is 35.0 Å². The Bertz CT molecular complexity index is 469. The molecular weight excluding hydrogens is 288 g/mol. The first-order valence-electron chi connectivity index (χ1n) is 7.30. The molecule has 8 nitrogen and oxygen atoms in total. The van der Waals surface area contributed by atoms with Crippen molar-refractivity contribution >= 4 is 5.69 Å². The van der Waals surface area contributed by atoms with E-state index >= 15 is 0 Å². The number of rotatable bonds is 11. The van der Waals surface area contributed by atoms with Crippen molar-refractivity contribution < 1.29 is 9.85 Å². The normalized spacial score (nSPS) is 13.3. The number of para-hydroxylation sites is 1. The summed E-state index contributed by atoms with van der Waals surface area (Å²) in [7, 11) is 0. The number of nitrogens with one attached hydrogen (secondary N) is 1. The lowest BCUT2D eigenvalue weighted by molar-refractivity contribution is -0.559. The van der Waals surface area contributed by atoms with E-state index in [4.69, 9.17) is 5.73 Å². The van der Waals surface area contributed by atoms with E-state index in [1.165, 1.54) is 0 Å². The molecule has 122 valence electrons. The van der Waals surface area contributed by atoms with E-state index in [1.807, 2.05) is 30.3 Å². The highest BCUT2D eigenvalue weighted by Gasteiger charge is 2.30. The second kappa shape index (κ2) is 9.67. The molecule has 3 N–H and O–H groups in total. The van der Waals surface area contributed by atoms with Gasteiger partial charge in [0.05, 0.1) is 13.0 Å². The van der Waals surface area contributed by atoms with Crippen molar-refractivity contribution in [2.24, 2.45) is 5.73 Å². The Morgan fingerprint density at radius 2 is 1.68 bits per heavy atom. The van der Waals surface area contributed by atoms with Crippen molar-refractivity contribution in [3.05, 3.63) is 50.6 Å². The molecule has 1 rings (SSSR count). The molecule has 0 fully saturated rings. The van der Waals surface area contributed by atoms with Gasteiger partial charge in [0.1, 0.15) is 0 Å². The van der Waals surface area contributed by atoms with Gasteiger partial charge >= 0.3 is 0 Å². The molecule has 8 heteroatoms. The quantitative estimate of drug-likeness (QED) is 0.365. The SMILES string of the molecule is NCC(CC(CCCCNc1ccccc1)[N+](=O)[O-])[N+](=O)[O-]. The Labute approximate surface area is 129 Å². The Balaban J connectivity index is 2.29. The molecular formula is C14H22N4O4. The van der Waals surface area contributed by atoms with Crippen molar-refractivity contribution in [1.29, 1.82) is 0 Å². The van der Waals surface area contributed by atoms with Gasteiger partial charge in [-0.05, 0) is 25.0 Å². The first-order chi connectivity index (χ1) is 10.5. The minimum atomic E-state index is -1.04. The zero-order chi connectivity index (χ0) is 16.4. The summed E-state index contributed by atoms with van der Waals surface area (Å²) in [6.45, 7) is 0.539. The maximum Gasteiger partial charge on any atom is 0.231 e. The van der Waals surface area contributed by atoms with Crippen LogP contribution < -0.4 is 11.1 Å². The van der Waals surface area contributed by atoms with Crippen LogP contribution in [0, 0.1) is 20.2 Å². The monoisotopic (exact) mass is 310 g/mol. The van der Waals surface area contributed by atoms with Crippen molar-refractivity contribution in [3.8, 4) is 0 Å². The molecule has 0 aliphatic rings. The lowest BCUT2D eigenvalue weighted by atomic mass is 10.0. The number of hydrogen-bond donors (Lipinski definition) is 2. The minimum absolute atomic E-state index is 0.109. The topological polar surface area (TPSA) is 124 Å². The van der Waals surface area contributed by atoms with Crippen LogP contribution in [0.25, 0.3) is 0 Å². The molecule has 0 spiro atoms. The van der Waals surface area contributed by atoms with Gasteiger partial charge in [-0.25, -0.2) is 0 Å². The highest BCUT2D eigenvalue weighted by atomic mass is 16.6. The number of hydrogen-bond acceptors (Lipinski definition) is 6. The number of unbranched alkanes of at least 4 members (excludes halogenated alkanes) is 1. The summed E-state index contributed by atoms with van der Waals surface area (Å²) in [5, 5.41) is 24.9. The third kappa shape index (κ3) is 6.49. The second-order valence-corrected chi connectivity index (χ2v) is 5.14. The van der Waals surface area contributed by atoms with Crippen LogP contribution in [0.2, 0.25) is 0 Å². The van der Waals surface area contributed by atoms with E-state index in [1.54, 1.807) is 0 Å². The summed E-state index contributed by atoms with van der Waals surface area (Å²) >= 11 is 0. The summed E-state index contributed by atoms with van der Waals surface area (Å²) < 4.78 is 0. The van der Waals surface area contributed by atoms with Crippen LogP contribution in [0.5, 0.6) is 0 Å². The molecule has 0 saturated heterocycles. The van der Waals surface area contributed by atoms with Crippen LogP contribution in [0.4, 0.5) is 5.69 Å². The lowest BCUT2D eigenvalue weighted by Crippen LogP contribution is -2.35. The maximum atomic E-state index is 11.0. The van der Waals surface area contributed by atoms with Gasteiger partial charge in [0.15, 0.2) is 0 Å². The highest BCUT2D eigenvalue weighted by Crippen LogP contribution is 2.13. The van der Waals surface area contributed by atoms with Gasteiger partial charge < -0.3 is 11.1 Å². The van der Waals surface area contributed by atoms with Gasteiger partial charge in [-0.2, -0.15) is 0 Å². The molecule has 2 atom stereocenters. The van der Waals surface area contributed by atoms with Crippen molar-refractivity contribution in [1.82, 2.24) is 0 Å². The third-order valence-corrected chi connectivity index (χ3v) is 3.48. The Morgan fingerprint density at radius 3 is 2.23 bits per heavy atom. The first-order valence-corrected chi connectivity index (χ1v) is 7.30. The fourth-order valence-electron chi connectivity index (χ4n) is 2.19. The van der Waals surface area contributed by atoms with E-state index in [-0.39, 0.29) is 13.0 Å². The van der Waals surface area contributed by atoms with Crippen molar-refractivity contribution in [3.63, 3.8) is 0 Å². The highest BCUT2D eigenvalue weighted by molar-refractivity contribution is 5.42. The van der Waals surface area contributed by atoms with Gasteiger partial charge in [-0.15, -0.1) is 0 Å². The van der Waals surface area contributed by atoms with Crippen molar-refractivity contribution in [2.45, 2.75) is 37.8 Å². The molecule has 2 unspecified atom stereocenters. The second-order valence-electron chi connectivity index (χ2n) is 5.14. The number of anilines is 1. The zero-order valence-corrected chi connectivity index (χ0v) is 12.4. The number of nitrogens with two attached hydrogens (primary N) is 1.